The highest BCUT2D eigenvalue weighted by molar-refractivity contribution is 6.01. The number of carbonyl (C=O) groups is 3. The normalized spacial score (nSPS) is 25.1. The Hall–Kier alpha value is -1.97. The molecule has 112 valence electrons. The largest absolute Gasteiger partial charge is 0.303 e. The van der Waals surface area contributed by atoms with E-state index in [1.54, 1.807) is 12.1 Å². The number of aryl methyl sites for hydroxylation is 1. The van der Waals surface area contributed by atoms with Gasteiger partial charge in [-0.15, -0.1) is 0 Å². The summed E-state index contributed by atoms with van der Waals surface area (Å²) >= 11 is 0. The van der Waals surface area contributed by atoms with Crippen LogP contribution in [0.15, 0.2) is 24.3 Å². The maximum atomic E-state index is 12.6. The highest BCUT2D eigenvalue weighted by Crippen LogP contribution is 2.36. The first kappa shape index (κ1) is 15.4. The van der Waals surface area contributed by atoms with Gasteiger partial charge in [0, 0.05) is 17.0 Å². The van der Waals surface area contributed by atoms with E-state index < -0.39 is 0 Å². The van der Waals surface area contributed by atoms with Gasteiger partial charge in [0.2, 0.25) is 6.41 Å². The molecule has 1 aromatic rings. The van der Waals surface area contributed by atoms with Gasteiger partial charge in [-0.1, -0.05) is 25.1 Å². The van der Waals surface area contributed by atoms with Gasteiger partial charge in [-0.3, -0.25) is 14.5 Å². The second kappa shape index (κ2) is 6.20. The number of hydrogen-bond acceptors (Lipinski definition) is 3. The van der Waals surface area contributed by atoms with Crippen molar-refractivity contribution in [1.29, 1.82) is 0 Å². The molecule has 1 fully saturated rings. The molecule has 2 amide bonds. The van der Waals surface area contributed by atoms with E-state index in [4.69, 9.17) is 0 Å². The van der Waals surface area contributed by atoms with Crippen LogP contribution in [0.4, 0.5) is 0 Å². The van der Waals surface area contributed by atoms with Crippen molar-refractivity contribution in [3.8, 4) is 0 Å². The number of imide groups is 1. The van der Waals surface area contributed by atoms with Crippen LogP contribution in [-0.4, -0.2) is 29.5 Å². The minimum Gasteiger partial charge on any atom is -0.303 e. The van der Waals surface area contributed by atoms with E-state index in [2.05, 4.69) is 0 Å². The van der Waals surface area contributed by atoms with Crippen molar-refractivity contribution in [1.82, 2.24) is 4.90 Å². The second-order valence-corrected chi connectivity index (χ2v) is 6.14. The van der Waals surface area contributed by atoms with Gasteiger partial charge in [0.15, 0.2) is 0 Å². The molecule has 0 bridgehead atoms. The summed E-state index contributed by atoms with van der Waals surface area (Å²) in [4.78, 5) is 36.3. The Morgan fingerprint density at radius 1 is 1.24 bits per heavy atom. The van der Waals surface area contributed by atoms with Crippen LogP contribution in [0.1, 0.15) is 48.5 Å². The van der Waals surface area contributed by atoms with Crippen molar-refractivity contribution in [2.45, 2.75) is 45.6 Å². The lowest BCUT2D eigenvalue weighted by molar-refractivity contribution is -0.120. The van der Waals surface area contributed by atoms with Crippen LogP contribution in [0, 0.1) is 12.3 Å². The molecule has 0 saturated heterocycles. The van der Waals surface area contributed by atoms with Gasteiger partial charge in [0.25, 0.3) is 5.91 Å². The van der Waals surface area contributed by atoms with Gasteiger partial charge in [0.1, 0.15) is 6.29 Å². The monoisotopic (exact) mass is 287 g/mol. The number of carbonyl (C=O) groups excluding carboxylic acids is 3. The number of benzene rings is 1. The fraction of sp³-hybridized carbons (Fsp3) is 0.471. The van der Waals surface area contributed by atoms with E-state index in [0.717, 1.165) is 11.8 Å². The van der Waals surface area contributed by atoms with E-state index in [-0.39, 0.29) is 17.4 Å². The van der Waals surface area contributed by atoms with E-state index in [1.165, 1.54) is 4.90 Å². The number of amides is 2. The lowest BCUT2D eigenvalue weighted by Gasteiger charge is -2.36. The van der Waals surface area contributed by atoms with Crippen molar-refractivity contribution in [2.24, 2.45) is 5.41 Å². The molecule has 4 nitrogen and oxygen atoms in total. The minimum absolute atomic E-state index is 0.109. The molecule has 1 aliphatic carbocycles. The van der Waals surface area contributed by atoms with Gasteiger partial charge >= 0.3 is 0 Å². The zero-order valence-electron chi connectivity index (χ0n) is 12.5. The van der Waals surface area contributed by atoms with Crippen LogP contribution < -0.4 is 0 Å². The molecule has 0 radical (unpaired) electrons. The lowest BCUT2D eigenvalue weighted by atomic mass is 9.75. The third kappa shape index (κ3) is 3.20. The number of aldehydes is 1. The average molecular weight is 287 g/mol. The topological polar surface area (TPSA) is 54.5 Å². The van der Waals surface area contributed by atoms with Crippen molar-refractivity contribution in [2.75, 3.05) is 0 Å². The first-order chi connectivity index (χ1) is 10.0. The van der Waals surface area contributed by atoms with Crippen LogP contribution in [0.2, 0.25) is 0 Å². The Balaban J connectivity index is 2.14. The molecule has 1 aromatic carbocycles. The van der Waals surface area contributed by atoms with Gasteiger partial charge in [-0.2, -0.15) is 0 Å². The standard InChI is InChI=1S/C17H21NO3/c1-13-5-3-4-6-15(13)16(21)18(12-20)14-7-9-17(2,11-19)10-8-14/h3-6,11-12,14H,7-10H2,1-2H3. The van der Waals surface area contributed by atoms with Gasteiger partial charge < -0.3 is 4.79 Å². The summed E-state index contributed by atoms with van der Waals surface area (Å²) in [6, 6.07) is 7.16. The summed E-state index contributed by atoms with van der Waals surface area (Å²) in [5.41, 5.74) is 1.12. The molecule has 4 heteroatoms. The molecule has 0 unspecified atom stereocenters. The molecule has 0 atom stereocenters. The molecular formula is C17H21NO3. The Labute approximate surface area is 125 Å². The summed E-state index contributed by atoms with van der Waals surface area (Å²) in [5.74, 6) is -0.247. The molecule has 1 aliphatic rings. The number of rotatable bonds is 4. The van der Waals surface area contributed by atoms with Crippen LogP contribution in [0.5, 0.6) is 0 Å². The highest BCUT2D eigenvalue weighted by atomic mass is 16.2. The summed E-state index contributed by atoms with van der Waals surface area (Å²) in [5, 5.41) is 0. The first-order valence-corrected chi connectivity index (χ1v) is 7.31. The predicted octanol–water partition coefficient (Wildman–Crippen LogP) is 2.74. The fourth-order valence-corrected chi connectivity index (χ4v) is 2.91. The molecule has 0 N–H and O–H groups in total. The van der Waals surface area contributed by atoms with Gasteiger partial charge in [-0.05, 0) is 44.2 Å². The number of nitrogens with zero attached hydrogens (tertiary/aromatic N) is 1. The Morgan fingerprint density at radius 2 is 1.86 bits per heavy atom. The van der Waals surface area contributed by atoms with E-state index in [0.29, 0.717) is 37.7 Å². The molecule has 21 heavy (non-hydrogen) atoms. The summed E-state index contributed by atoms with van der Waals surface area (Å²) in [7, 11) is 0. The van der Waals surface area contributed by atoms with E-state index in [1.807, 2.05) is 26.0 Å². The second-order valence-electron chi connectivity index (χ2n) is 6.14. The molecular weight excluding hydrogens is 266 g/mol. The summed E-state index contributed by atoms with van der Waals surface area (Å²) in [6.07, 6.45) is 4.43. The van der Waals surface area contributed by atoms with Crippen molar-refractivity contribution >= 4 is 18.6 Å². The zero-order chi connectivity index (χ0) is 15.5. The highest BCUT2D eigenvalue weighted by Gasteiger charge is 2.35. The first-order valence-electron chi connectivity index (χ1n) is 7.31. The van der Waals surface area contributed by atoms with Crippen molar-refractivity contribution in [3.63, 3.8) is 0 Å². The van der Waals surface area contributed by atoms with Crippen molar-refractivity contribution < 1.29 is 14.4 Å². The number of hydrogen-bond donors (Lipinski definition) is 0. The Kier molecular flexibility index (Phi) is 4.56. The molecule has 2 rings (SSSR count). The third-order valence-corrected chi connectivity index (χ3v) is 4.50. The SMILES string of the molecule is Cc1ccccc1C(=O)N(C=O)C1CCC(C)(C=O)CC1. The van der Waals surface area contributed by atoms with Crippen LogP contribution in [0.3, 0.4) is 0 Å². The fourth-order valence-electron chi connectivity index (χ4n) is 2.91. The third-order valence-electron chi connectivity index (χ3n) is 4.50. The maximum absolute atomic E-state index is 12.6. The minimum atomic E-state index is -0.309. The smallest absolute Gasteiger partial charge is 0.260 e. The molecule has 0 spiro atoms. The van der Waals surface area contributed by atoms with Crippen LogP contribution in [0.25, 0.3) is 0 Å². The quantitative estimate of drug-likeness (QED) is 0.800. The molecule has 0 aliphatic heterocycles. The van der Waals surface area contributed by atoms with Crippen LogP contribution >= 0.6 is 0 Å². The summed E-state index contributed by atoms with van der Waals surface area (Å²) in [6.45, 7) is 3.80. The molecule has 1 saturated carbocycles. The Morgan fingerprint density at radius 3 is 2.38 bits per heavy atom. The van der Waals surface area contributed by atoms with Crippen LogP contribution in [-0.2, 0) is 9.59 Å². The maximum Gasteiger partial charge on any atom is 0.260 e. The lowest BCUT2D eigenvalue weighted by Crippen LogP contribution is -2.43. The summed E-state index contributed by atoms with van der Waals surface area (Å²) < 4.78 is 0. The zero-order valence-corrected chi connectivity index (χ0v) is 12.5. The van der Waals surface area contributed by atoms with Crippen molar-refractivity contribution in [3.05, 3.63) is 35.4 Å². The van der Waals surface area contributed by atoms with Gasteiger partial charge in [0.05, 0.1) is 0 Å². The molecule has 0 aromatic heterocycles. The van der Waals surface area contributed by atoms with E-state index >= 15 is 0 Å². The Bertz CT molecular complexity index is 545. The average Bonchev–Trinajstić information content (AvgIpc) is 2.50. The van der Waals surface area contributed by atoms with E-state index in [9.17, 15) is 14.4 Å². The van der Waals surface area contributed by atoms with Gasteiger partial charge in [-0.25, -0.2) is 0 Å². The molecule has 0 heterocycles. The predicted molar refractivity (Wildman–Crippen MR) is 79.8 cm³/mol.